The molecule has 1 atom stereocenters. The quantitative estimate of drug-likeness (QED) is 0.783. The molecule has 0 saturated carbocycles. The first-order valence-electron chi connectivity index (χ1n) is 6.85. The Labute approximate surface area is 119 Å². The minimum absolute atomic E-state index is 0.0783. The van der Waals surface area contributed by atoms with E-state index in [4.69, 9.17) is 5.11 Å². The van der Waals surface area contributed by atoms with E-state index >= 15 is 0 Å². The van der Waals surface area contributed by atoms with Gasteiger partial charge in [-0.3, -0.25) is 9.59 Å². The monoisotopic (exact) mass is 278 g/mol. The predicted octanol–water partition coefficient (Wildman–Crippen LogP) is 1.04. The SMILES string of the molecule is CCCN(CCO)C(=O)C(C)NC(=O)c1ccccc1. The Hall–Kier alpha value is -1.88. The fraction of sp³-hybridized carbons (Fsp3) is 0.467. The van der Waals surface area contributed by atoms with Crippen LogP contribution in [0.2, 0.25) is 0 Å². The number of rotatable bonds is 7. The van der Waals surface area contributed by atoms with Crippen molar-refractivity contribution in [3.05, 3.63) is 35.9 Å². The standard InChI is InChI=1S/C15H22N2O3/c1-3-9-17(10-11-18)15(20)12(2)16-14(19)13-7-5-4-6-8-13/h4-8,12,18H,3,9-11H2,1-2H3,(H,16,19). The van der Waals surface area contributed by atoms with Crippen LogP contribution in [0.25, 0.3) is 0 Å². The number of carbonyl (C=O) groups is 2. The van der Waals surface area contributed by atoms with E-state index in [2.05, 4.69) is 5.32 Å². The van der Waals surface area contributed by atoms with Crippen molar-refractivity contribution in [3.63, 3.8) is 0 Å². The van der Waals surface area contributed by atoms with Crippen molar-refractivity contribution in [1.82, 2.24) is 10.2 Å². The van der Waals surface area contributed by atoms with Gasteiger partial charge in [0.1, 0.15) is 6.04 Å². The van der Waals surface area contributed by atoms with E-state index in [0.29, 0.717) is 12.1 Å². The molecule has 0 spiro atoms. The second-order valence-corrected chi connectivity index (χ2v) is 4.61. The van der Waals surface area contributed by atoms with Crippen molar-refractivity contribution in [3.8, 4) is 0 Å². The fourth-order valence-electron chi connectivity index (χ4n) is 1.93. The summed E-state index contributed by atoms with van der Waals surface area (Å²) in [5.74, 6) is -0.447. The molecule has 0 aromatic heterocycles. The number of hydrogen-bond acceptors (Lipinski definition) is 3. The van der Waals surface area contributed by atoms with Crippen LogP contribution in [0.1, 0.15) is 30.6 Å². The summed E-state index contributed by atoms with van der Waals surface area (Å²) in [5, 5.41) is 11.7. The minimum Gasteiger partial charge on any atom is -0.395 e. The molecule has 5 heteroatoms. The van der Waals surface area contributed by atoms with Gasteiger partial charge in [-0.05, 0) is 25.5 Å². The Morgan fingerprint density at radius 3 is 2.45 bits per heavy atom. The number of aliphatic hydroxyl groups is 1. The molecule has 110 valence electrons. The second-order valence-electron chi connectivity index (χ2n) is 4.61. The lowest BCUT2D eigenvalue weighted by Gasteiger charge is -2.25. The largest absolute Gasteiger partial charge is 0.395 e. The maximum Gasteiger partial charge on any atom is 0.251 e. The summed E-state index contributed by atoms with van der Waals surface area (Å²) in [7, 11) is 0. The highest BCUT2D eigenvalue weighted by atomic mass is 16.3. The molecule has 5 nitrogen and oxygen atoms in total. The van der Waals surface area contributed by atoms with Crippen LogP contribution in [0.15, 0.2) is 30.3 Å². The molecule has 1 rings (SSSR count). The summed E-state index contributed by atoms with van der Waals surface area (Å²) in [6.07, 6.45) is 0.811. The lowest BCUT2D eigenvalue weighted by molar-refractivity contribution is -0.133. The van der Waals surface area contributed by atoms with Gasteiger partial charge in [-0.1, -0.05) is 25.1 Å². The zero-order valence-electron chi connectivity index (χ0n) is 12.0. The summed E-state index contributed by atoms with van der Waals surface area (Å²) in [5.41, 5.74) is 0.524. The van der Waals surface area contributed by atoms with Crippen molar-refractivity contribution in [2.24, 2.45) is 0 Å². The van der Waals surface area contributed by atoms with Gasteiger partial charge in [0.05, 0.1) is 6.61 Å². The van der Waals surface area contributed by atoms with E-state index in [0.717, 1.165) is 6.42 Å². The summed E-state index contributed by atoms with van der Waals surface area (Å²) >= 11 is 0. The lowest BCUT2D eigenvalue weighted by Crippen LogP contribution is -2.48. The number of hydrogen-bond donors (Lipinski definition) is 2. The molecule has 0 heterocycles. The fourth-order valence-corrected chi connectivity index (χ4v) is 1.93. The highest BCUT2D eigenvalue weighted by Gasteiger charge is 2.21. The average molecular weight is 278 g/mol. The number of carbonyl (C=O) groups excluding carboxylic acids is 2. The smallest absolute Gasteiger partial charge is 0.251 e. The number of benzene rings is 1. The Balaban J connectivity index is 2.62. The lowest BCUT2D eigenvalue weighted by atomic mass is 10.2. The molecule has 1 aromatic carbocycles. The molecular weight excluding hydrogens is 256 g/mol. The third kappa shape index (κ3) is 4.66. The molecule has 0 bridgehead atoms. The number of nitrogens with zero attached hydrogens (tertiary/aromatic N) is 1. The van der Waals surface area contributed by atoms with E-state index in [1.165, 1.54) is 0 Å². The van der Waals surface area contributed by atoms with Crippen LogP contribution < -0.4 is 5.32 Å². The van der Waals surface area contributed by atoms with Crippen LogP contribution in [0, 0.1) is 0 Å². The molecule has 2 amide bonds. The zero-order chi connectivity index (χ0) is 15.0. The van der Waals surface area contributed by atoms with E-state index in [-0.39, 0.29) is 25.0 Å². The summed E-state index contributed by atoms with van der Waals surface area (Å²) in [4.78, 5) is 25.7. The van der Waals surface area contributed by atoms with Crippen LogP contribution in [-0.4, -0.2) is 47.6 Å². The molecule has 0 fully saturated rings. The minimum atomic E-state index is -0.610. The molecule has 0 radical (unpaired) electrons. The normalized spacial score (nSPS) is 11.8. The van der Waals surface area contributed by atoms with Crippen LogP contribution in [0.5, 0.6) is 0 Å². The Morgan fingerprint density at radius 2 is 1.90 bits per heavy atom. The van der Waals surface area contributed by atoms with Gasteiger partial charge >= 0.3 is 0 Å². The Kier molecular flexibility index (Phi) is 6.73. The van der Waals surface area contributed by atoms with Crippen LogP contribution >= 0.6 is 0 Å². The molecule has 0 saturated heterocycles. The first-order valence-corrected chi connectivity index (χ1v) is 6.85. The Morgan fingerprint density at radius 1 is 1.25 bits per heavy atom. The maximum absolute atomic E-state index is 12.2. The highest BCUT2D eigenvalue weighted by molar-refractivity contribution is 5.97. The van der Waals surface area contributed by atoms with Crippen LogP contribution in [-0.2, 0) is 4.79 Å². The van der Waals surface area contributed by atoms with Crippen molar-refractivity contribution >= 4 is 11.8 Å². The highest BCUT2D eigenvalue weighted by Crippen LogP contribution is 2.01. The van der Waals surface area contributed by atoms with E-state index in [1.54, 1.807) is 36.1 Å². The average Bonchev–Trinajstić information content (AvgIpc) is 2.47. The molecule has 0 aliphatic rings. The van der Waals surface area contributed by atoms with Gasteiger partial charge in [-0.15, -0.1) is 0 Å². The van der Waals surface area contributed by atoms with Gasteiger partial charge < -0.3 is 15.3 Å². The molecule has 1 unspecified atom stereocenters. The zero-order valence-corrected chi connectivity index (χ0v) is 12.0. The third-order valence-electron chi connectivity index (χ3n) is 2.93. The van der Waals surface area contributed by atoms with Crippen molar-refractivity contribution in [1.29, 1.82) is 0 Å². The second kappa shape index (κ2) is 8.32. The molecular formula is C15H22N2O3. The summed E-state index contributed by atoms with van der Waals surface area (Å²) in [6.45, 7) is 4.41. The van der Waals surface area contributed by atoms with Gasteiger partial charge in [-0.25, -0.2) is 0 Å². The Bertz CT molecular complexity index is 428. The van der Waals surface area contributed by atoms with Crippen molar-refractivity contribution in [2.45, 2.75) is 26.3 Å². The van der Waals surface area contributed by atoms with Gasteiger partial charge in [0.25, 0.3) is 5.91 Å². The molecule has 1 aromatic rings. The number of amides is 2. The van der Waals surface area contributed by atoms with Crippen LogP contribution in [0.4, 0.5) is 0 Å². The third-order valence-corrected chi connectivity index (χ3v) is 2.93. The molecule has 0 aliphatic heterocycles. The van der Waals surface area contributed by atoms with Gasteiger partial charge in [0.15, 0.2) is 0 Å². The summed E-state index contributed by atoms with van der Waals surface area (Å²) < 4.78 is 0. The van der Waals surface area contributed by atoms with Gasteiger partial charge in [-0.2, -0.15) is 0 Å². The topological polar surface area (TPSA) is 69.6 Å². The van der Waals surface area contributed by atoms with E-state index < -0.39 is 6.04 Å². The van der Waals surface area contributed by atoms with Crippen molar-refractivity contribution < 1.29 is 14.7 Å². The maximum atomic E-state index is 12.2. The number of nitrogens with one attached hydrogen (secondary N) is 1. The first kappa shape index (κ1) is 16.2. The van der Waals surface area contributed by atoms with Crippen molar-refractivity contribution in [2.75, 3.05) is 19.7 Å². The first-order chi connectivity index (χ1) is 9.60. The molecule has 2 N–H and O–H groups in total. The molecule has 0 aliphatic carbocycles. The molecule has 20 heavy (non-hydrogen) atoms. The predicted molar refractivity (Wildman–Crippen MR) is 77.3 cm³/mol. The van der Waals surface area contributed by atoms with Gasteiger partial charge in [0.2, 0.25) is 5.91 Å². The summed E-state index contributed by atoms with van der Waals surface area (Å²) in [6, 6.07) is 8.16. The number of aliphatic hydroxyl groups excluding tert-OH is 1. The van der Waals surface area contributed by atoms with Gasteiger partial charge in [0, 0.05) is 18.7 Å². The van der Waals surface area contributed by atoms with E-state index in [9.17, 15) is 9.59 Å². The van der Waals surface area contributed by atoms with Crippen LogP contribution in [0.3, 0.4) is 0 Å². The van der Waals surface area contributed by atoms with E-state index in [1.807, 2.05) is 13.0 Å².